The summed E-state index contributed by atoms with van der Waals surface area (Å²) in [5.41, 5.74) is 1.26. The second-order valence-corrected chi connectivity index (χ2v) is 10.3. The lowest BCUT2D eigenvalue weighted by atomic mass is 10.1. The summed E-state index contributed by atoms with van der Waals surface area (Å²) in [4.78, 5) is 13.0. The second-order valence-electron chi connectivity index (χ2n) is 8.18. The summed E-state index contributed by atoms with van der Waals surface area (Å²) in [6, 6.07) is 8.85. The Morgan fingerprint density at radius 1 is 1.16 bits per heavy atom. The lowest BCUT2D eigenvalue weighted by Gasteiger charge is -2.20. The number of rotatable bonds is 6. The minimum Gasteiger partial charge on any atom is -0.363 e. The average Bonchev–Trinajstić information content (AvgIpc) is 3.12. The van der Waals surface area contributed by atoms with Gasteiger partial charge in [0.05, 0.1) is 17.3 Å². The summed E-state index contributed by atoms with van der Waals surface area (Å²) in [7, 11) is -3.76. The Kier molecular flexibility index (Phi) is 5.85. The molecule has 0 bridgehead atoms. The number of sulfonamides is 1. The van der Waals surface area contributed by atoms with E-state index in [0.717, 1.165) is 5.69 Å². The average molecular weight is 472 g/mol. The minimum absolute atomic E-state index is 0.0298. The van der Waals surface area contributed by atoms with Crippen molar-refractivity contribution in [2.24, 2.45) is 0 Å². The zero-order valence-corrected chi connectivity index (χ0v) is 19.3. The van der Waals surface area contributed by atoms with E-state index in [-0.39, 0.29) is 4.90 Å². The van der Waals surface area contributed by atoms with Gasteiger partial charge in [-0.25, -0.2) is 22.6 Å². The van der Waals surface area contributed by atoms with Gasteiger partial charge in [-0.1, -0.05) is 17.7 Å². The molecule has 0 spiro atoms. The van der Waals surface area contributed by atoms with Gasteiger partial charge in [0.15, 0.2) is 11.6 Å². The molecule has 0 saturated heterocycles. The molecule has 0 aromatic carbocycles. The van der Waals surface area contributed by atoms with Crippen LogP contribution in [-0.4, -0.2) is 38.5 Å². The number of nitrogens with one attached hydrogen (secondary N) is 2. The predicted molar refractivity (Wildman–Crippen MR) is 123 cm³/mol. The first-order valence-electron chi connectivity index (χ1n) is 9.80. The number of hydrogen-bond acceptors (Lipinski definition) is 7. The lowest BCUT2D eigenvalue weighted by molar-refractivity contribution is 0.491. The predicted octanol–water partition coefficient (Wildman–Crippen LogP) is 3.53. The largest absolute Gasteiger partial charge is 0.363 e. The van der Waals surface area contributed by atoms with E-state index >= 15 is 0 Å². The first-order valence-corrected chi connectivity index (χ1v) is 11.7. The smallest absolute Gasteiger partial charge is 0.242 e. The van der Waals surface area contributed by atoms with Crippen molar-refractivity contribution >= 4 is 33.0 Å². The topological polar surface area (TPSA) is 114 Å². The number of anilines is 1. The molecule has 0 atom stereocenters. The van der Waals surface area contributed by atoms with Crippen LogP contribution in [-0.2, 0) is 16.6 Å². The van der Waals surface area contributed by atoms with Crippen LogP contribution in [0.5, 0.6) is 0 Å². The normalized spacial score (nSPS) is 12.2. The van der Waals surface area contributed by atoms with Gasteiger partial charge in [-0.05, 0) is 45.0 Å². The summed E-state index contributed by atoms with van der Waals surface area (Å²) in [6.07, 6.45) is 6.24. The molecule has 4 rings (SSSR count). The molecular formula is C21H22ClN7O2S. The van der Waals surface area contributed by atoms with Crippen LogP contribution in [0.3, 0.4) is 0 Å². The number of halogens is 1. The van der Waals surface area contributed by atoms with Crippen LogP contribution in [0.2, 0.25) is 5.02 Å². The van der Waals surface area contributed by atoms with Gasteiger partial charge in [0.2, 0.25) is 10.0 Å². The molecule has 0 radical (unpaired) electrons. The fourth-order valence-corrected chi connectivity index (χ4v) is 4.70. The minimum atomic E-state index is -3.76. The van der Waals surface area contributed by atoms with Crippen LogP contribution in [0, 0.1) is 0 Å². The van der Waals surface area contributed by atoms with Crippen LogP contribution in [0.1, 0.15) is 26.5 Å². The van der Waals surface area contributed by atoms with Crippen molar-refractivity contribution in [3.8, 4) is 11.4 Å². The number of hydrogen-bond donors (Lipinski definition) is 2. The SMILES string of the molecule is CC(C)(C)NS(=O)(=O)c1cncc(-c2nc(NCc3ccccn3)c3c(Cl)ccn3n2)c1. The zero-order chi connectivity index (χ0) is 22.9. The maximum atomic E-state index is 12.7. The molecule has 0 fully saturated rings. The third-order valence-corrected chi connectivity index (χ3v) is 6.38. The summed E-state index contributed by atoms with van der Waals surface area (Å²) < 4.78 is 29.7. The molecule has 0 aliphatic carbocycles. The molecule has 9 nitrogen and oxygen atoms in total. The number of pyridine rings is 2. The molecule has 4 heterocycles. The van der Waals surface area contributed by atoms with Crippen LogP contribution >= 0.6 is 11.6 Å². The van der Waals surface area contributed by atoms with Gasteiger partial charge in [-0.2, -0.15) is 0 Å². The van der Waals surface area contributed by atoms with E-state index in [1.54, 1.807) is 43.7 Å². The third kappa shape index (κ3) is 4.87. The first-order chi connectivity index (χ1) is 15.1. The molecule has 2 N–H and O–H groups in total. The van der Waals surface area contributed by atoms with Gasteiger partial charge in [-0.15, -0.1) is 5.10 Å². The van der Waals surface area contributed by atoms with Crippen molar-refractivity contribution in [2.75, 3.05) is 5.32 Å². The van der Waals surface area contributed by atoms with E-state index in [1.165, 1.54) is 18.5 Å². The summed E-state index contributed by atoms with van der Waals surface area (Å²) in [5, 5.41) is 8.23. The Balaban J connectivity index is 1.74. The van der Waals surface area contributed by atoms with Gasteiger partial charge in [0.25, 0.3) is 0 Å². The van der Waals surface area contributed by atoms with Crippen LogP contribution < -0.4 is 10.0 Å². The second kappa shape index (κ2) is 8.45. The fraction of sp³-hybridized carbons (Fsp3) is 0.238. The Hall–Kier alpha value is -3.08. The quantitative estimate of drug-likeness (QED) is 0.442. The fourth-order valence-electron chi connectivity index (χ4n) is 3.06. The molecule has 4 aromatic rings. The van der Waals surface area contributed by atoms with Crippen molar-refractivity contribution in [3.05, 3.63) is 65.8 Å². The first kappa shape index (κ1) is 22.1. The van der Waals surface area contributed by atoms with E-state index in [9.17, 15) is 8.42 Å². The highest BCUT2D eigenvalue weighted by Crippen LogP contribution is 2.27. The highest BCUT2D eigenvalue weighted by molar-refractivity contribution is 7.89. The summed E-state index contributed by atoms with van der Waals surface area (Å²) in [5.74, 6) is 0.797. The van der Waals surface area contributed by atoms with E-state index < -0.39 is 15.6 Å². The molecule has 0 saturated carbocycles. The Labute approximate surface area is 190 Å². The molecule has 4 aromatic heterocycles. The van der Waals surface area contributed by atoms with Crippen molar-refractivity contribution in [1.82, 2.24) is 29.3 Å². The van der Waals surface area contributed by atoms with Crippen molar-refractivity contribution in [1.29, 1.82) is 0 Å². The number of fused-ring (bicyclic) bond motifs is 1. The molecule has 0 aliphatic heterocycles. The molecule has 11 heteroatoms. The standard InChI is InChI=1S/C21H22ClN7O2S/c1-21(2,3)28-32(30,31)16-10-14(11-23-13-16)19-26-20(18-17(22)7-9-29(18)27-19)25-12-15-6-4-5-8-24-15/h4-11,13,28H,12H2,1-3H3,(H,25,26,27). The summed E-state index contributed by atoms with van der Waals surface area (Å²) >= 11 is 6.35. The van der Waals surface area contributed by atoms with E-state index in [1.807, 2.05) is 18.2 Å². The van der Waals surface area contributed by atoms with Crippen LogP contribution in [0.15, 0.2) is 60.0 Å². The Morgan fingerprint density at radius 2 is 1.97 bits per heavy atom. The summed E-state index contributed by atoms with van der Waals surface area (Å²) in [6.45, 7) is 5.74. The molecule has 0 unspecified atom stereocenters. The van der Waals surface area contributed by atoms with Crippen LogP contribution in [0.4, 0.5) is 5.82 Å². The van der Waals surface area contributed by atoms with Crippen LogP contribution in [0.25, 0.3) is 16.9 Å². The molecule has 32 heavy (non-hydrogen) atoms. The van der Waals surface area contributed by atoms with E-state index in [0.29, 0.717) is 34.3 Å². The maximum Gasteiger partial charge on any atom is 0.242 e. The highest BCUT2D eigenvalue weighted by Gasteiger charge is 2.23. The maximum absolute atomic E-state index is 12.7. The highest BCUT2D eigenvalue weighted by atomic mass is 35.5. The Morgan fingerprint density at radius 3 is 2.69 bits per heavy atom. The van der Waals surface area contributed by atoms with Crippen molar-refractivity contribution in [2.45, 2.75) is 37.8 Å². The monoisotopic (exact) mass is 471 g/mol. The number of aromatic nitrogens is 5. The molecular weight excluding hydrogens is 450 g/mol. The van der Waals surface area contributed by atoms with Gasteiger partial charge < -0.3 is 5.32 Å². The third-order valence-electron chi connectivity index (χ3n) is 4.35. The van der Waals surface area contributed by atoms with Gasteiger partial charge >= 0.3 is 0 Å². The molecule has 166 valence electrons. The van der Waals surface area contributed by atoms with Gasteiger partial charge in [0.1, 0.15) is 10.4 Å². The lowest BCUT2D eigenvalue weighted by Crippen LogP contribution is -2.40. The van der Waals surface area contributed by atoms with Crippen molar-refractivity contribution in [3.63, 3.8) is 0 Å². The molecule has 0 aliphatic rings. The molecule has 0 amide bonds. The van der Waals surface area contributed by atoms with Gasteiger partial charge in [-0.3, -0.25) is 9.97 Å². The van der Waals surface area contributed by atoms with Crippen molar-refractivity contribution < 1.29 is 8.42 Å². The zero-order valence-electron chi connectivity index (χ0n) is 17.7. The van der Waals surface area contributed by atoms with Gasteiger partial charge in [0, 0.05) is 35.9 Å². The van der Waals surface area contributed by atoms with E-state index in [4.69, 9.17) is 11.6 Å². The van der Waals surface area contributed by atoms with E-state index in [2.05, 4.69) is 30.1 Å². The number of nitrogens with zero attached hydrogens (tertiary/aromatic N) is 5. The Bertz CT molecular complexity index is 1370.